The lowest BCUT2D eigenvalue weighted by Gasteiger charge is -2.31. The molecule has 3 N–H and O–H groups in total. The Hall–Kier alpha value is -0.610. The summed E-state index contributed by atoms with van der Waals surface area (Å²) in [6, 6.07) is -0.104. The van der Waals surface area contributed by atoms with Crippen molar-refractivity contribution in [3.05, 3.63) is 0 Å². The quantitative estimate of drug-likeness (QED) is 0.644. The van der Waals surface area contributed by atoms with Gasteiger partial charge in [0.05, 0.1) is 0 Å². The summed E-state index contributed by atoms with van der Waals surface area (Å²) in [4.78, 5) is 12.9. The number of rotatable bonds is 7. The highest BCUT2D eigenvalue weighted by atomic mass is 16.4. The van der Waals surface area contributed by atoms with Gasteiger partial charge >= 0.3 is 5.97 Å². The minimum absolute atomic E-state index is 0.336. The highest BCUT2D eigenvalue weighted by Gasteiger charge is 2.25. The van der Waals surface area contributed by atoms with Crippen LogP contribution in [-0.2, 0) is 4.79 Å². The Morgan fingerprint density at radius 1 is 1.43 bits per heavy atom. The SMILES string of the molecule is CCC(CC)N(C)C(CCN)C(=O)O. The number of hydrogen-bond donors (Lipinski definition) is 2. The summed E-state index contributed by atoms with van der Waals surface area (Å²) in [5.74, 6) is -0.773. The van der Waals surface area contributed by atoms with Gasteiger partial charge in [-0.15, -0.1) is 0 Å². The monoisotopic (exact) mass is 202 g/mol. The predicted molar refractivity (Wildman–Crippen MR) is 57.2 cm³/mol. The van der Waals surface area contributed by atoms with E-state index < -0.39 is 12.0 Å². The lowest BCUT2D eigenvalue weighted by Crippen LogP contribution is -2.45. The molecular formula is C10H22N2O2. The van der Waals surface area contributed by atoms with Gasteiger partial charge in [-0.3, -0.25) is 9.69 Å². The maximum Gasteiger partial charge on any atom is 0.320 e. The zero-order valence-electron chi connectivity index (χ0n) is 9.36. The van der Waals surface area contributed by atoms with Gasteiger partial charge in [0.15, 0.2) is 0 Å². The molecule has 0 saturated heterocycles. The van der Waals surface area contributed by atoms with Gasteiger partial charge in [0.2, 0.25) is 0 Å². The smallest absolute Gasteiger partial charge is 0.320 e. The van der Waals surface area contributed by atoms with Crippen LogP contribution < -0.4 is 5.73 Å². The zero-order valence-corrected chi connectivity index (χ0v) is 9.36. The molecule has 0 aromatic rings. The number of likely N-dealkylation sites (N-methyl/N-ethyl adjacent to an activating group) is 1. The van der Waals surface area contributed by atoms with Crippen LogP contribution in [0.25, 0.3) is 0 Å². The largest absolute Gasteiger partial charge is 0.480 e. The summed E-state index contributed by atoms with van der Waals surface area (Å²) in [6.07, 6.45) is 2.46. The molecule has 0 aromatic carbocycles. The first-order valence-electron chi connectivity index (χ1n) is 5.23. The third-order valence-electron chi connectivity index (χ3n) is 2.74. The van der Waals surface area contributed by atoms with Gasteiger partial charge < -0.3 is 10.8 Å². The number of carbonyl (C=O) groups is 1. The summed E-state index contributed by atoms with van der Waals surface area (Å²) in [6.45, 7) is 4.57. The minimum Gasteiger partial charge on any atom is -0.480 e. The van der Waals surface area contributed by atoms with E-state index in [0.29, 0.717) is 19.0 Å². The fraction of sp³-hybridized carbons (Fsp3) is 0.900. The summed E-state index contributed by atoms with van der Waals surface area (Å²) < 4.78 is 0. The van der Waals surface area contributed by atoms with Gasteiger partial charge in [0.1, 0.15) is 6.04 Å². The van der Waals surface area contributed by atoms with Crippen molar-refractivity contribution < 1.29 is 9.90 Å². The van der Waals surface area contributed by atoms with Crippen molar-refractivity contribution in [1.82, 2.24) is 4.90 Å². The van der Waals surface area contributed by atoms with Gasteiger partial charge in [0.25, 0.3) is 0 Å². The Morgan fingerprint density at radius 2 is 1.93 bits per heavy atom. The fourth-order valence-corrected chi connectivity index (χ4v) is 1.78. The molecule has 14 heavy (non-hydrogen) atoms. The van der Waals surface area contributed by atoms with Crippen molar-refractivity contribution >= 4 is 5.97 Å². The molecule has 0 heterocycles. The second-order valence-electron chi connectivity index (χ2n) is 3.57. The van der Waals surface area contributed by atoms with Crippen LogP contribution >= 0.6 is 0 Å². The van der Waals surface area contributed by atoms with E-state index in [9.17, 15) is 4.79 Å². The number of nitrogens with two attached hydrogens (primary N) is 1. The van der Waals surface area contributed by atoms with Crippen molar-refractivity contribution in [1.29, 1.82) is 0 Å². The summed E-state index contributed by atoms with van der Waals surface area (Å²) in [5.41, 5.74) is 5.40. The molecule has 0 aromatic heterocycles. The molecule has 4 heteroatoms. The molecule has 0 fully saturated rings. The lowest BCUT2D eigenvalue weighted by atomic mass is 10.1. The van der Waals surface area contributed by atoms with Crippen molar-refractivity contribution in [2.24, 2.45) is 5.73 Å². The summed E-state index contributed by atoms with van der Waals surface area (Å²) >= 11 is 0. The topological polar surface area (TPSA) is 66.6 Å². The molecular weight excluding hydrogens is 180 g/mol. The average molecular weight is 202 g/mol. The van der Waals surface area contributed by atoms with Crippen molar-refractivity contribution in [2.45, 2.75) is 45.2 Å². The van der Waals surface area contributed by atoms with Gasteiger partial charge in [-0.25, -0.2) is 0 Å². The second kappa shape index (κ2) is 6.79. The Balaban J connectivity index is 4.39. The highest BCUT2D eigenvalue weighted by molar-refractivity contribution is 5.73. The zero-order chi connectivity index (χ0) is 11.1. The molecule has 0 bridgehead atoms. The van der Waals surface area contributed by atoms with Crippen LogP contribution in [0.15, 0.2) is 0 Å². The number of hydrogen-bond acceptors (Lipinski definition) is 3. The molecule has 1 unspecified atom stereocenters. The van der Waals surface area contributed by atoms with Crippen LogP contribution in [0.2, 0.25) is 0 Å². The lowest BCUT2D eigenvalue weighted by molar-refractivity contribution is -0.143. The molecule has 84 valence electrons. The fourth-order valence-electron chi connectivity index (χ4n) is 1.78. The normalized spacial score (nSPS) is 13.6. The molecule has 0 radical (unpaired) electrons. The van der Waals surface area contributed by atoms with Crippen molar-refractivity contribution in [2.75, 3.05) is 13.6 Å². The molecule has 0 aliphatic rings. The maximum atomic E-state index is 11.0. The Labute approximate surface area is 86.1 Å². The van der Waals surface area contributed by atoms with Gasteiger partial charge in [-0.1, -0.05) is 13.8 Å². The van der Waals surface area contributed by atoms with Crippen LogP contribution in [0.5, 0.6) is 0 Å². The van der Waals surface area contributed by atoms with E-state index in [1.807, 2.05) is 11.9 Å². The molecule has 0 saturated carbocycles. The molecule has 4 nitrogen and oxygen atoms in total. The Bertz CT molecular complexity index is 170. The summed E-state index contributed by atoms with van der Waals surface area (Å²) in [5, 5.41) is 9.02. The van der Waals surface area contributed by atoms with Gasteiger partial charge in [-0.05, 0) is 32.9 Å². The van der Waals surface area contributed by atoms with E-state index in [1.165, 1.54) is 0 Å². The molecule has 0 spiro atoms. The van der Waals surface area contributed by atoms with E-state index in [0.717, 1.165) is 12.8 Å². The Kier molecular flexibility index (Phi) is 6.49. The van der Waals surface area contributed by atoms with Crippen LogP contribution in [0.4, 0.5) is 0 Å². The highest BCUT2D eigenvalue weighted by Crippen LogP contribution is 2.12. The third kappa shape index (κ3) is 3.64. The van der Waals surface area contributed by atoms with E-state index in [4.69, 9.17) is 10.8 Å². The molecule has 0 aliphatic carbocycles. The maximum absolute atomic E-state index is 11.0. The van der Waals surface area contributed by atoms with Crippen molar-refractivity contribution in [3.8, 4) is 0 Å². The standard InChI is InChI=1S/C10H22N2O2/c1-4-8(5-2)12(3)9(6-7-11)10(13)14/h8-9H,4-7,11H2,1-3H3,(H,13,14). The van der Waals surface area contributed by atoms with E-state index in [2.05, 4.69) is 13.8 Å². The first-order valence-corrected chi connectivity index (χ1v) is 5.23. The van der Waals surface area contributed by atoms with Crippen molar-refractivity contribution in [3.63, 3.8) is 0 Å². The summed E-state index contributed by atoms with van der Waals surface area (Å²) in [7, 11) is 1.87. The number of carboxylic acid groups (broad SMARTS) is 1. The number of carboxylic acids is 1. The minimum atomic E-state index is -0.773. The first kappa shape index (κ1) is 13.4. The van der Waals surface area contributed by atoms with E-state index in [1.54, 1.807) is 0 Å². The van der Waals surface area contributed by atoms with Gasteiger partial charge in [0, 0.05) is 6.04 Å². The average Bonchev–Trinajstić information content (AvgIpc) is 2.15. The molecule has 0 rings (SSSR count). The molecule has 0 aliphatic heterocycles. The van der Waals surface area contributed by atoms with Crippen LogP contribution in [0.3, 0.4) is 0 Å². The van der Waals surface area contributed by atoms with Gasteiger partial charge in [-0.2, -0.15) is 0 Å². The van der Waals surface area contributed by atoms with Crippen LogP contribution in [0.1, 0.15) is 33.1 Å². The molecule has 1 atom stereocenters. The second-order valence-corrected chi connectivity index (χ2v) is 3.57. The van der Waals surface area contributed by atoms with Crippen LogP contribution in [0, 0.1) is 0 Å². The van der Waals surface area contributed by atoms with Crippen LogP contribution in [-0.4, -0.2) is 41.7 Å². The molecule has 0 amide bonds. The Morgan fingerprint density at radius 3 is 2.21 bits per heavy atom. The third-order valence-corrected chi connectivity index (χ3v) is 2.74. The first-order chi connectivity index (χ1) is 6.58. The number of aliphatic carboxylic acids is 1. The predicted octanol–water partition coefficient (Wildman–Crippen LogP) is 0.909. The number of nitrogens with zero attached hydrogens (tertiary/aromatic N) is 1. The van der Waals surface area contributed by atoms with E-state index in [-0.39, 0.29) is 0 Å². The van der Waals surface area contributed by atoms with E-state index >= 15 is 0 Å².